The Hall–Kier alpha value is -2.31. The summed E-state index contributed by atoms with van der Waals surface area (Å²) >= 11 is 0. The van der Waals surface area contributed by atoms with Crippen LogP contribution in [0.2, 0.25) is 0 Å². The number of nitrogens with zero attached hydrogens (tertiary/aromatic N) is 2. The normalized spacial score (nSPS) is 52.2. The van der Waals surface area contributed by atoms with Crippen LogP contribution in [-0.2, 0) is 28.5 Å². The molecule has 24 heteroatoms. The minimum absolute atomic E-state index is 0.0343. The lowest BCUT2D eigenvalue weighted by molar-refractivity contribution is -0.449. The van der Waals surface area contributed by atoms with E-state index in [1.165, 1.54) is 7.05 Å². The van der Waals surface area contributed by atoms with Gasteiger partial charge in [-0.25, -0.2) is 4.99 Å². The van der Waals surface area contributed by atoms with Crippen molar-refractivity contribution in [3.8, 4) is 0 Å². The standard InChI is InChI=1S/C27H48N6O18/c1-7-25(45,5-36)21(49-22-11(31-2)14(39)12(37)8(3-34)48-22)23(47-7)51-26(27(46)20(44)17(42)13(38)9(4-35)50-27)18(33-24(29)30)15(40)10(32-6-28)16(41)19(26)43/h5-23,31,34-35,37-46H,3-4H2,1-2H3,(H2,28,32)(H4,29,30,33)/t7-,8-,9+,10+,11?,12?,13+,14?,15+,16-,17-,18-,19+,20-,21?,22?,23?,25+,26+,27-/m0/s1. The Morgan fingerprint density at radius 1 is 0.863 bits per heavy atom. The molecule has 0 bridgehead atoms. The van der Waals surface area contributed by atoms with E-state index in [0.717, 1.165) is 6.92 Å². The van der Waals surface area contributed by atoms with Crippen LogP contribution in [0, 0.1) is 0 Å². The number of aliphatic hydroxyl groups is 12. The number of nitrogens with two attached hydrogens (primary N) is 3. The largest absolute Gasteiger partial charge is 0.394 e. The molecular formula is C27H48N6O18. The molecule has 20 atom stereocenters. The van der Waals surface area contributed by atoms with Gasteiger partial charge in [-0.05, 0) is 14.0 Å². The van der Waals surface area contributed by atoms with Crippen LogP contribution in [0.15, 0.2) is 9.98 Å². The molecule has 51 heavy (non-hydrogen) atoms. The molecule has 4 aliphatic rings. The molecular weight excluding hydrogens is 696 g/mol. The first kappa shape index (κ1) is 41.4. The first-order valence-electron chi connectivity index (χ1n) is 15.7. The molecule has 0 aromatic heterocycles. The summed E-state index contributed by atoms with van der Waals surface area (Å²) in [6, 6.07) is -5.49. The highest BCUT2D eigenvalue weighted by atomic mass is 16.8. The van der Waals surface area contributed by atoms with E-state index in [2.05, 4.69) is 15.3 Å². The van der Waals surface area contributed by atoms with Crippen LogP contribution < -0.4 is 22.5 Å². The molecule has 294 valence electrons. The van der Waals surface area contributed by atoms with E-state index in [1.54, 1.807) is 0 Å². The molecule has 1 saturated carbocycles. The van der Waals surface area contributed by atoms with Gasteiger partial charge in [-0.15, -0.1) is 0 Å². The van der Waals surface area contributed by atoms with Gasteiger partial charge in [0.2, 0.25) is 5.79 Å². The zero-order valence-electron chi connectivity index (χ0n) is 27.3. The molecule has 0 radical (unpaired) electrons. The second kappa shape index (κ2) is 15.6. The Kier molecular flexibility index (Phi) is 12.7. The lowest BCUT2D eigenvalue weighted by atomic mass is 9.65. The third-order valence-corrected chi connectivity index (χ3v) is 9.99. The molecule has 4 rings (SSSR count). The van der Waals surface area contributed by atoms with Crippen LogP contribution in [0.3, 0.4) is 0 Å². The van der Waals surface area contributed by atoms with Gasteiger partial charge in [-0.2, -0.15) is 0 Å². The summed E-state index contributed by atoms with van der Waals surface area (Å²) in [5.41, 5.74) is 10.5. The predicted molar refractivity (Wildman–Crippen MR) is 164 cm³/mol. The molecule has 0 amide bonds. The first-order chi connectivity index (χ1) is 23.9. The maximum Gasteiger partial charge on any atom is 0.230 e. The van der Waals surface area contributed by atoms with Crippen LogP contribution >= 0.6 is 0 Å². The van der Waals surface area contributed by atoms with Crippen molar-refractivity contribution in [2.45, 2.75) is 128 Å². The Labute approximate surface area is 289 Å². The van der Waals surface area contributed by atoms with E-state index in [4.69, 9.17) is 40.9 Å². The predicted octanol–water partition coefficient (Wildman–Crippen LogP) is -10.9. The number of carbonyl (C=O) groups is 1. The van der Waals surface area contributed by atoms with Crippen molar-refractivity contribution in [1.82, 2.24) is 5.32 Å². The third kappa shape index (κ3) is 6.61. The minimum atomic E-state index is -3.68. The van der Waals surface area contributed by atoms with Crippen LogP contribution in [0.1, 0.15) is 6.92 Å². The topological polar surface area (TPSA) is 421 Å². The van der Waals surface area contributed by atoms with Crippen molar-refractivity contribution in [1.29, 1.82) is 0 Å². The lowest BCUT2D eigenvalue weighted by Crippen LogP contribution is -2.85. The van der Waals surface area contributed by atoms with Gasteiger partial charge < -0.3 is 107 Å². The highest BCUT2D eigenvalue weighted by molar-refractivity contribution is 5.76. The summed E-state index contributed by atoms with van der Waals surface area (Å²) in [6.45, 7) is -0.851. The monoisotopic (exact) mass is 744 g/mol. The van der Waals surface area contributed by atoms with Gasteiger partial charge >= 0.3 is 0 Å². The number of carbonyl (C=O) groups excluding carboxylic acids is 1. The molecule has 0 aromatic rings. The molecule has 6 unspecified atom stereocenters. The smallest absolute Gasteiger partial charge is 0.230 e. The first-order valence-corrected chi connectivity index (χ1v) is 15.7. The summed E-state index contributed by atoms with van der Waals surface area (Å²) in [4.78, 5) is 20.1. The highest BCUT2D eigenvalue weighted by Gasteiger charge is 2.77. The van der Waals surface area contributed by atoms with E-state index < -0.39 is 140 Å². The Balaban J connectivity index is 1.96. The summed E-state index contributed by atoms with van der Waals surface area (Å²) in [5.74, 6) is -4.57. The van der Waals surface area contributed by atoms with Crippen molar-refractivity contribution in [3.05, 3.63) is 0 Å². The summed E-state index contributed by atoms with van der Waals surface area (Å²) in [6.07, 6.45) is -28.6. The van der Waals surface area contributed by atoms with E-state index in [1.807, 2.05) is 0 Å². The van der Waals surface area contributed by atoms with E-state index in [9.17, 15) is 66.1 Å². The Bertz CT molecular complexity index is 1270. The molecule has 24 nitrogen and oxygen atoms in total. The van der Waals surface area contributed by atoms with Crippen LogP contribution in [0.25, 0.3) is 0 Å². The molecule has 3 aliphatic heterocycles. The molecule has 3 saturated heterocycles. The van der Waals surface area contributed by atoms with Crippen molar-refractivity contribution < 1.29 is 89.8 Å². The second-order valence-corrected chi connectivity index (χ2v) is 12.8. The molecule has 0 aromatic carbocycles. The van der Waals surface area contributed by atoms with Gasteiger partial charge in [0.1, 0.15) is 79.2 Å². The van der Waals surface area contributed by atoms with Crippen LogP contribution in [-0.4, -0.2) is 221 Å². The van der Waals surface area contributed by atoms with Crippen molar-refractivity contribution in [3.63, 3.8) is 0 Å². The quantitative estimate of drug-likeness (QED) is 0.0530. The number of aldehydes is 1. The maximum atomic E-state index is 12.5. The third-order valence-electron chi connectivity index (χ3n) is 9.99. The van der Waals surface area contributed by atoms with Gasteiger partial charge in [0, 0.05) is 0 Å². The van der Waals surface area contributed by atoms with Crippen LogP contribution in [0.4, 0.5) is 0 Å². The zero-order chi connectivity index (χ0) is 38.4. The zero-order valence-corrected chi connectivity index (χ0v) is 27.3. The van der Waals surface area contributed by atoms with Gasteiger partial charge in [-0.3, -0.25) is 9.79 Å². The number of nitrogens with one attached hydrogen (secondary N) is 1. The fourth-order valence-electron chi connectivity index (χ4n) is 7.09. The molecule has 4 fully saturated rings. The van der Waals surface area contributed by atoms with Gasteiger partial charge in [0.05, 0.1) is 31.7 Å². The number of ether oxygens (including phenoxy) is 5. The Morgan fingerprint density at radius 2 is 1.47 bits per heavy atom. The number of aliphatic hydroxyl groups excluding tert-OH is 10. The van der Waals surface area contributed by atoms with Gasteiger partial charge in [-0.1, -0.05) is 0 Å². The number of aliphatic imine (C=N–C) groups is 2. The summed E-state index contributed by atoms with van der Waals surface area (Å²) < 4.78 is 28.9. The average Bonchev–Trinajstić information content (AvgIpc) is 3.33. The van der Waals surface area contributed by atoms with Gasteiger partial charge in [0.15, 0.2) is 36.0 Å². The van der Waals surface area contributed by atoms with E-state index in [-0.39, 0.29) is 6.29 Å². The number of hydrogen-bond acceptors (Lipinski definition) is 21. The van der Waals surface area contributed by atoms with Crippen LogP contribution in [0.5, 0.6) is 0 Å². The molecule has 19 N–H and O–H groups in total. The molecule has 1 aliphatic carbocycles. The lowest BCUT2D eigenvalue weighted by Gasteiger charge is -2.61. The summed E-state index contributed by atoms with van der Waals surface area (Å²) in [7, 11) is 1.32. The highest BCUT2D eigenvalue weighted by Crippen LogP contribution is 2.51. The number of rotatable bonds is 11. The van der Waals surface area contributed by atoms with Gasteiger partial charge in [0.25, 0.3) is 0 Å². The van der Waals surface area contributed by atoms with Crippen molar-refractivity contribution in [2.75, 3.05) is 20.3 Å². The number of guanidine groups is 1. The van der Waals surface area contributed by atoms with Crippen molar-refractivity contribution >= 4 is 18.6 Å². The minimum Gasteiger partial charge on any atom is -0.394 e. The SMILES string of the molecule is CNC1C(OC2C(O[C@@]3([C@@]4(O)O[C@H](CO)[C@@H](O)[C@H](O)[C@@H]4O)[C@H](O)[C@@H](O)[C@H](N=CN)[C@@H](O)[C@@H]3N=C(N)N)O[C@@H](C)[C@]2(O)C=O)O[C@@H](CO)C(O)C1O. The maximum absolute atomic E-state index is 12.5. The average molecular weight is 745 g/mol. The van der Waals surface area contributed by atoms with Crippen molar-refractivity contribution in [2.24, 2.45) is 27.2 Å². The number of hydrogen-bond donors (Lipinski definition) is 16. The van der Waals surface area contributed by atoms with E-state index in [0.29, 0.717) is 6.34 Å². The molecule has 0 spiro atoms. The Morgan fingerprint density at radius 3 is 2.00 bits per heavy atom. The number of likely N-dealkylation sites (N-methyl/N-ethyl adjacent to an activating group) is 1. The fourth-order valence-corrected chi connectivity index (χ4v) is 7.09. The molecule has 3 heterocycles. The fraction of sp³-hybridized carbons (Fsp3) is 0.889. The second-order valence-electron chi connectivity index (χ2n) is 12.8. The summed E-state index contributed by atoms with van der Waals surface area (Å²) in [5, 5.41) is 135. The van der Waals surface area contributed by atoms with E-state index >= 15 is 0 Å².